The zero-order valence-corrected chi connectivity index (χ0v) is 15.9. The number of urea groups is 1. The highest BCUT2D eigenvalue weighted by molar-refractivity contribution is 5.88. The molecule has 1 aromatic carbocycles. The van der Waals surface area contributed by atoms with Crippen LogP contribution in [0.1, 0.15) is 37.9 Å². The van der Waals surface area contributed by atoms with Gasteiger partial charge in [0.1, 0.15) is 11.6 Å². The third-order valence-corrected chi connectivity index (χ3v) is 5.09. The van der Waals surface area contributed by atoms with E-state index in [0.29, 0.717) is 12.4 Å². The van der Waals surface area contributed by atoms with Crippen molar-refractivity contribution in [1.29, 1.82) is 0 Å². The van der Waals surface area contributed by atoms with Gasteiger partial charge in [0, 0.05) is 32.1 Å². The highest BCUT2D eigenvalue weighted by Crippen LogP contribution is 2.26. The van der Waals surface area contributed by atoms with Crippen molar-refractivity contribution in [2.75, 3.05) is 25.5 Å². The Kier molecular flexibility index (Phi) is 6.08. The minimum Gasteiger partial charge on any atom is -0.327 e. The average molecular weight is 374 g/mol. The van der Waals surface area contributed by atoms with E-state index >= 15 is 0 Å². The zero-order chi connectivity index (χ0) is 19.4. The van der Waals surface area contributed by atoms with Crippen LogP contribution in [0, 0.1) is 11.7 Å². The number of nitrogens with zero attached hydrogens (tertiary/aromatic N) is 3. The topological polar surface area (TPSA) is 74.2 Å². The van der Waals surface area contributed by atoms with Gasteiger partial charge in [-0.3, -0.25) is 10.7 Å². The predicted molar refractivity (Wildman–Crippen MR) is 103 cm³/mol. The maximum absolute atomic E-state index is 13.2. The van der Waals surface area contributed by atoms with E-state index in [1.54, 1.807) is 36.3 Å². The molecule has 1 saturated heterocycles. The van der Waals surface area contributed by atoms with Crippen molar-refractivity contribution < 1.29 is 9.18 Å². The molecule has 0 aliphatic carbocycles. The lowest BCUT2D eigenvalue weighted by Gasteiger charge is -2.25. The Labute approximate surface area is 158 Å². The molecule has 0 spiro atoms. The second-order valence-electron chi connectivity index (χ2n) is 7.04. The summed E-state index contributed by atoms with van der Waals surface area (Å²) >= 11 is 0. The van der Waals surface area contributed by atoms with Crippen molar-refractivity contribution in [3.8, 4) is 0 Å². The second kappa shape index (κ2) is 8.49. The van der Waals surface area contributed by atoms with Gasteiger partial charge in [0.15, 0.2) is 0 Å². The van der Waals surface area contributed by atoms with Crippen molar-refractivity contribution in [3.63, 3.8) is 0 Å². The van der Waals surface area contributed by atoms with Crippen molar-refractivity contribution in [1.82, 2.24) is 25.5 Å². The van der Waals surface area contributed by atoms with E-state index < -0.39 is 0 Å². The Morgan fingerprint density at radius 2 is 2.15 bits per heavy atom. The summed E-state index contributed by atoms with van der Waals surface area (Å²) in [7, 11) is 1.78. The number of hydrogen-bond donors (Lipinski definition) is 3. The van der Waals surface area contributed by atoms with Crippen LogP contribution >= 0.6 is 0 Å². The van der Waals surface area contributed by atoms with Crippen molar-refractivity contribution in [2.24, 2.45) is 5.92 Å². The Morgan fingerprint density at radius 3 is 2.85 bits per heavy atom. The first kappa shape index (κ1) is 19.3. The molecule has 3 N–H and O–H groups in total. The summed E-state index contributed by atoms with van der Waals surface area (Å²) < 4.78 is 15.0. The maximum atomic E-state index is 13.2. The zero-order valence-electron chi connectivity index (χ0n) is 15.9. The van der Waals surface area contributed by atoms with Crippen molar-refractivity contribution in [3.05, 3.63) is 47.9 Å². The van der Waals surface area contributed by atoms with Gasteiger partial charge < -0.3 is 4.90 Å². The fourth-order valence-corrected chi connectivity index (χ4v) is 3.31. The number of nitrogens with one attached hydrogen (secondary N) is 3. The highest BCUT2D eigenvalue weighted by Gasteiger charge is 2.30. The number of halogens is 1. The van der Waals surface area contributed by atoms with E-state index in [0.717, 1.165) is 18.5 Å². The molecule has 2 heterocycles. The summed E-state index contributed by atoms with van der Waals surface area (Å²) in [4.78, 5) is 14.3. The van der Waals surface area contributed by atoms with Crippen LogP contribution < -0.4 is 16.2 Å². The molecule has 1 aromatic heterocycles. The van der Waals surface area contributed by atoms with Gasteiger partial charge in [-0.15, -0.1) is 0 Å². The van der Waals surface area contributed by atoms with E-state index in [1.807, 2.05) is 4.68 Å². The summed E-state index contributed by atoms with van der Waals surface area (Å²) in [5.74, 6) is 0.611. The van der Waals surface area contributed by atoms with Crippen molar-refractivity contribution >= 4 is 11.8 Å². The first-order valence-electron chi connectivity index (χ1n) is 9.29. The number of benzene rings is 1. The molecule has 3 unspecified atom stereocenters. The molecule has 1 aliphatic rings. The highest BCUT2D eigenvalue weighted by atomic mass is 19.1. The Balaban J connectivity index is 1.62. The van der Waals surface area contributed by atoms with Gasteiger partial charge in [-0.1, -0.05) is 19.1 Å². The number of anilines is 1. The molecule has 0 saturated carbocycles. The Bertz CT molecular complexity index is 762. The molecule has 27 heavy (non-hydrogen) atoms. The molecule has 2 amide bonds. The number of carbonyl (C=O) groups excluding carboxylic acids is 1. The van der Waals surface area contributed by atoms with E-state index in [2.05, 4.69) is 35.1 Å². The molecule has 1 fully saturated rings. The van der Waals surface area contributed by atoms with Crippen LogP contribution in [0.5, 0.6) is 0 Å². The molecular weight excluding hydrogens is 347 g/mol. The largest absolute Gasteiger partial charge is 0.327 e. The predicted octanol–water partition coefficient (Wildman–Crippen LogP) is 2.92. The lowest BCUT2D eigenvalue weighted by atomic mass is 9.94. The van der Waals surface area contributed by atoms with Crippen LogP contribution in [0.4, 0.5) is 15.0 Å². The molecule has 3 atom stereocenters. The second-order valence-corrected chi connectivity index (χ2v) is 7.04. The van der Waals surface area contributed by atoms with Gasteiger partial charge in [0.2, 0.25) is 0 Å². The Morgan fingerprint density at radius 1 is 1.41 bits per heavy atom. The summed E-state index contributed by atoms with van der Waals surface area (Å²) in [6.45, 7) is 5.44. The SMILES string of the molecule is CCC(C)n1nccc1NC(=O)N(C)CC1CNNC1c1ccc(F)cc1. The third kappa shape index (κ3) is 4.45. The molecule has 8 heteroatoms. The molecule has 1 aliphatic heterocycles. The lowest BCUT2D eigenvalue weighted by Crippen LogP contribution is -2.38. The summed E-state index contributed by atoms with van der Waals surface area (Å²) in [5.41, 5.74) is 7.36. The standard InChI is InChI=1S/C19H27FN6O/c1-4-13(2)26-17(9-10-22-26)23-19(27)25(3)12-15-11-21-24-18(15)14-5-7-16(20)8-6-14/h5-10,13,15,18,21,24H,4,11-12H2,1-3H3,(H,23,27). The van der Waals surface area contributed by atoms with Gasteiger partial charge in [-0.05, 0) is 31.0 Å². The third-order valence-electron chi connectivity index (χ3n) is 5.09. The molecule has 2 aromatic rings. The van der Waals surface area contributed by atoms with Crippen LogP contribution in [0.2, 0.25) is 0 Å². The number of rotatable bonds is 6. The van der Waals surface area contributed by atoms with Gasteiger partial charge in [-0.2, -0.15) is 5.10 Å². The molecular formula is C19H27FN6O. The first-order valence-corrected chi connectivity index (χ1v) is 9.29. The van der Waals surface area contributed by atoms with E-state index in [9.17, 15) is 9.18 Å². The van der Waals surface area contributed by atoms with Crippen molar-refractivity contribution in [2.45, 2.75) is 32.4 Å². The minimum atomic E-state index is -0.254. The minimum absolute atomic E-state index is 0.0199. The fraction of sp³-hybridized carbons (Fsp3) is 0.474. The normalized spacial score (nSPS) is 20.4. The summed E-state index contributed by atoms with van der Waals surface area (Å²) in [6, 6.07) is 8.33. The number of hydrazine groups is 1. The van der Waals surface area contributed by atoms with Gasteiger partial charge in [0.05, 0.1) is 18.3 Å². The number of hydrogen-bond acceptors (Lipinski definition) is 4. The van der Waals surface area contributed by atoms with E-state index in [-0.39, 0.29) is 29.8 Å². The molecule has 7 nitrogen and oxygen atoms in total. The van der Waals surface area contributed by atoms with Crippen LogP contribution in [0.3, 0.4) is 0 Å². The number of amides is 2. The molecule has 0 radical (unpaired) electrons. The van der Waals surface area contributed by atoms with Gasteiger partial charge in [-0.25, -0.2) is 19.3 Å². The maximum Gasteiger partial charge on any atom is 0.322 e. The van der Waals surface area contributed by atoms with Crippen LogP contribution in [0.25, 0.3) is 0 Å². The Hall–Kier alpha value is -2.45. The quantitative estimate of drug-likeness (QED) is 0.727. The number of carbonyl (C=O) groups is 1. The average Bonchev–Trinajstić information content (AvgIpc) is 3.31. The summed E-state index contributed by atoms with van der Waals surface area (Å²) in [5, 5.41) is 7.23. The van der Waals surface area contributed by atoms with E-state index in [4.69, 9.17) is 0 Å². The van der Waals surface area contributed by atoms with E-state index in [1.165, 1.54) is 12.1 Å². The first-order chi connectivity index (χ1) is 13.0. The number of aromatic nitrogens is 2. The monoisotopic (exact) mass is 374 g/mol. The smallest absolute Gasteiger partial charge is 0.322 e. The molecule has 0 bridgehead atoms. The lowest BCUT2D eigenvalue weighted by molar-refractivity contribution is 0.212. The van der Waals surface area contributed by atoms with Crippen LogP contribution in [-0.4, -0.2) is 40.8 Å². The van der Waals surface area contributed by atoms with Gasteiger partial charge >= 0.3 is 6.03 Å². The summed E-state index contributed by atoms with van der Waals surface area (Å²) in [6.07, 6.45) is 2.62. The fourth-order valence-electron chi connectivity index (χ4n) is 3.31. The van der Waals surface area contributed by atoms with Gasteiger partial charge in [0.25, 0.3) is 0 Å². The molecule has 146 valence electrons. The van der Waals surface area contributed by atoms with Crippen LogP contribution in [0.15, 0.2) is 36.5 Å². The molecule has 3 rings (SSSR count). The van der Waals surface area contributed by atoms with Crippen LogP contribution in [-0.2, 0) is 0 Å².